The molecule has 3 heterocycles. The van der Waals surface area contributed by atoms with Crippen LogP contribution in [0.1, 0.15) is 29.7 Å². The van der Waals surface area contributed by atoms with Gasteiger partial charge in [-0.1, -0.05) is 146 Å². The van der Waals surface area contributed by atoms with Gasteiger partial charge >= 0.3 is 0 Å². The molecule has 0 aliphatic carbocycles. The van der Waals surface area contributed by atoms with E-state index < -0.39 is 0 Å². The molecule has 3 nitrogen and oxygen atoms in total. The summed E-state index contributed by atoms with van der Waals surface area (Å²) in [5, 5.41) is 7.66. The summed E-state index contributed by atoms with van der Waals surface area (Å²) < 4.78 is 7.65. The molecule has 0 spiro atoms. The molecule has 0 aliphatic rings. The molecule has 0 amide bonds. The maximum absolute atomic E-state index is 6.78. The van der Waals surface area contributed by atoms with Crippen LogP contribution in [-0.4, -0.2) is 10.3 Å². The van der Waals surface area contributed by atoms with Gasteiger partial charge in [0.05, 0.1) is 22.8 Å². The quantitative estimate of drug-likeness (QED) is 0.161. The molecule has 5 heteroatoms. The number of aromatic nitrogens is 1. The predicted octanol–water partition coefficient (Wildman–Crippen LogP) is 14.7. The van der Waals surface area contributed by atoms with E-state index in [9.17, 15) is 0 Å². The minimum atomic E-state index is -0.187. The number of thiophene rings is 2. The molecule has 0 bridgehead atoms. The zero-order chi connectivity index (χ0) is 38.7. The Hall–Kier alpha value is -6.79. The van der Waals surface area contributed by atoms with E-state index in [1.807, 2.05) is 65.1 Å². The molecule has 276 valence electrons. The lowest BCUT2D eigenvalue weighted by Gasteiger charge is -2.16. The second-order valence-electron chi connectivity index (χ2n) is 14.9. The predicted molar refractivity (Wildman–Crippen MR) is 252 cm³/mol. The van der Waals surface area contributed by atoms with Crippen molar-refractivity contribution in [2.45, 2.75) is 13.0 Å². The average Bonchev–Trinajstić information content (AvgIpc) is 3.96. The lowest BCUT2D eigenvalue weighted by Crippen LogP contribution is -2.06. The van der Waals surface area contributed by atoms with Crippen LogP contribution in [0.4, 0.5) is 0 Å². The minimum absolute atomic E-state index is 0.187. The summed E-state index contributed by atoms with van der Waals surface area (Å²) in [5.41, 5.74) is 17.4. The van der Waals surface area contributed by atoms with Crippen LogP contribution in [0.5, 0.6) is 0 Å². The number of nitrogens with zero attached hydrogens (tertiary/aromatic N) is 2. The Balaban J connectivity index is 1.20. The molecular formula is C53H37N3S2. The maximum atomic E-state index is 6.78. The largest absolute Gasteiger partial charge is 0.398 e. The molecule has 8 aromatic carbocycles. The molecular weight excluding hydrogens is 743 g/mol. The Morgan fingerprint density at radius 3 is 1.86 bits per heavy atom. The normalized spacial score (nSPS) is 13.1. The topological polar surface area (TPSA) is 43.3 Å². The zero-order valence-corrected chi connectivity index (χ0v) is 33.4. The van der Waals surface area contributed by atoms with Crippen LogP contribution in [-0.2, 0) is 0 Å². The van der Waals surface area contributed by atoms with Gasteiger partial charge < -0.3 is 10.3 Å². The summed E-state index contributed by atoms with van der Waals surface area (Å²) >= 11 is 3.74. The van der Waals surface area contributed by atoms with Crippen molar-refractivity contribution in [1.82, 2.24) is 4.57 Å². The van der Waals surface area contributed by atoms with Crippen molar-refractivity contribution >= 4 is 96.2 Å². The average molecular weight is 780 g/mol. The molecule has 1 atom stereocenters. The van der Waals surface area contributed by atoms with Crippen molar-refractivity contribution in [1.29, 1.82) is 0 Å². The van der Waals surface area contributed by atoms with Crippen LogP contribution in [0, 0.1) is 0 Å². The summed E-state index contributed by atoms with van der Waals surface area (Å²) in [5.74, 6) is 0. The van der Waals surface area contributed by atoms with Gasteiger partial charge in [0.15, 0.2) is 0 Å². The highest BCUT2D eigenvalue weighted by Crippen LogP contribution is 2.46. The zero-order valence-electron chi connectivity index (χ0n) is 31.8. The second kappa shape index (κ2) is 14.0. The van der Waals surface area contributed by atoms with Crippen molar-refractivity contribution in [2.24, 2.45) is 10.7 Å². The van der Waals surface area contributed by atoms with Gasteiger partial charge in [0.1, 0.15) is 0 Å². The lowest BCUT2D eigenvalue weighted by atomic mass is 10.0. The molecule has 1 unspecified atom stereocenters. The Morgan fingerprint density at radius 1 is 0.534 bits per heavy atom. The SMILES string of the molecule is CC(N=C(/C=C(\N)c1ccccc1)c1ccccc1)c1cc(-n2c3cc(-c4ccccc4)ccc3c3c4sc5ccccc5c4ccc32)cc2c1sc1ccccc12. The Labute approximate surface area is 344 Å². The van der Waals surface area contributed by atoms with Gasteiger partial charge in [-0.3, -0.25) is 4.99 Å². The van der Waals surface area contributed by atoms with Gasteiger partial charge in [-0.25, -0.2) is 0 Å². The van der Waals surface area contributed by atoms with Crippen molar-refractivity contribution in [2.75, 3.05) is 0 Å². The van der Waals surface area contributed by atoms with Crippen molar-refractivity contribution in [3.63, 3.8) is 0 Å². The Kier molecular flexibility index (Phi) is 8.31. The molecule has 0 saturated heterocycles. The summed E-state index contributed by atoms with van der Waals surface area (Å²) in [6.45, 7) is 2.22. The molecule has 3 aromatic heterocycles. The first-order valence-corrected chi connectivity index (χ1v) is 21.3. The van der Waals surface area contributed by atoms with Crippen LogP contribution in [0.25, 0.3) is 84.7 Å². The van der Waals surface area contributed by atoms with Crippen molar-refractivity contribution in [3.8, 4) is 16.8 Å². The Bertz CT molecular complexity index is 3410. The van der Waals surface area contributed by atoms with E-state index >= 15 is 0 Å². The first-order chi connectivity index (χ1) is 28.6. The van der Waals surface area contributed by atoms with E-state index in [4.69, 9.17) is 10.7 Å². The minimum Gasteiger partial charge on any atom is -0.398 e. The maximum Gasteiger partial charge on any atom is 0.0742 e. The molecule has 0 saturated carbocycles. The number of rotatable bonds is 7. The summed E-state index contributed by atoms with van der Waals surface area (Å²) in [4.78, 5) is 5.53. The highest BCUT2D eigenvalue weighted by Gasteiger charge is 2.22. The highest BCUT2D eigenvalue weighted by atomic mass is 32.1. The van der Waals surface area contributed by atoms with Gasteiger partial charge in [0, 0.05) is 62.5 Å². The van der Waals surface area contributed by atoms with Gasteiger partial charge in [-0.2, -0.15) is 0 Å². The Morgan fingerprint density at radius 2 is 1.14 bits per heavy atom. The fraction of sp³-hybridized carbons (Fsp3) is 0.0377. The molecule has 0 radical (unpaired) electrons. The first kappa shape index (κ1) is 34.5. The van der Waals surface area contributed by atoms with Crippen LogP contribution in [0.2, 0.25) is 0 Å². The molecule has 2 N–H and O–H groups in total. The lowest BCUT2D eigenvalue weighted by molar-refractivity contribution is 0.830. The van der Waals surface area contributed by atoms with Crippen LogP contribution < -0.4 is 5.73 Å². The fourth-order valence-electron chi connectivity index (χ4n) is 8.59. The molecule has 58 heavy (non-hydrogen) atoms. The standard InChI is InChI=1S/C53H37N3S2/c1-33(55-46(36-19-9-4-10-20-36)32-45(54)35-17-7-3-8-18-35)43-30-38(31-44-40-22-12-14-24-50(40)57-52(43)44)56-47-28-27-41-39-21-11-13-23-49(39)58-53(41)51(47)42-26-25-37(29-48(42)56)34-15-5-2-6-16-34/h2-33H,54H2,1H3/b45-32-,55-46?. The smallest absolute Gasteiger partial charge is 0.0742 e. The summed E-state index contributed by atoms with van der Waals surface area (Å²) in [6, 6.07) is 65.1. The van der Waals surface area contributed by atoms with Crippen LogP contribution in [0.3, 0.4) is 0 Å². The van der Waals surface area contributed by atoms with Crippen LogP contribution >= 0.6 is 22.7 Å². The van der Waals surface area contributed by atoms with E-state index in [2.05, 4.69) is 157 Å². The number of nitrogens with two attached hydrogens (primary N) is 1. The fourth-order valence-corrected chi connectivity index (χ4v) is 11.1. The van der Waals surface area contributed by atoms with Gasteiger partial charge in [0.25, 0.3) is 0 Å². The monoisotopic (exact) mass is 779 g/mol. The van der Waals surface area contributed by atoms with E-state index in [1.54, 1.807) is 0 Å². The second-order valence-corrected chi connectivity index (χ2v) is 17.0. The molecule has 0 aliphatic heterocycles. The number of allylic oxidation sites excluding steroid dienone is 1. The molecule has 11 aromatic rings. The van der Waals surface area contributed by atoms with E-state index in [-0.39, 0.29) is 6.04 Å². The summed E-state index contributed by atoms with van der Waals surface area (Å²) in [7, 11) is 0. The first-order valence-electron chi connectivity index (χ1n) is 19.6. The van der Waals surface area contributed by atoms with E-state index in [0.717, 1.165) is 22.5 Å². The number of hydrogen-bond donors (Lipinski definition) is 1. The van der Waals surface area contributed by atoms with E-state index in [0.29, 0.717) is 5.70 Å². The van der Waals surface area contributed by atoms with Crippen LogP contribution in [0.15, 0.2) is 193 Å². The molecule has 11 rings (SSSR count). The van der Waals surface area contributed by atoms with Crippen molar-refractivity contribution < 1.29 is 0 Å². The number of aliphatic imine (C=N–C) groups is 1. The van der Waals surface area contributed by atoms with Gasteiger partial charge in [0.2, 0.25) is 0 Å². The van der Waals surface area contributed by atoms with Gasteiger partial charge in [-0.15, -0.1) is 22.7 Å². The van der Waals surface area contributed by atoms with E-state index in [1.165, 1.54) is 78.8 Å². The number of hydrogen-bond acceptors (Lipinski definition) is 4. The highest BCUT2D eigenvalue weighted by molar-refractivity contribution is 7.27. The number of fused-ring (bicyclic) bond motifs is 10. The third kappa shape index (κ3) is 5.74. The number of benzene rings is 8. The van der Waals surface area contributed by atoms with Gasteiger partial charge in [-0.05, 0) is 77.2 Å². The summed E-state index contributed by atoms with van der Waals surface area (Å²) in [6.07, 6.45) is 2.03. The molecule has 0 fully saturated rings. The van der Waals surface area contributed by atoms with Crippen molar-refractivity contribution in [3.05, 3.63) is 205 Å². The third-order valence-corrected chi connectivity index (χ3v) is 13.8. The third-order valence-electron chi connectivity index (χ3n) is 11.4.